The van der Waals surface area contributed by atoms with Gasteiger partial charge in [-0.05, 0) is 73.5 Å². The number of aldehydes is 1. The number of nitrogens with zero attached hydrogens (tertiary/aromatic N) is 3. The summed E-state index contributed by atoms with van der Waals surface area (Å²) in [6.45, 7) is 4.09. The Balaban J connectivity index is 1.28. The number of carbonyl (C=O) groups is 3. The molecule has 3 heterocycles. The molecule has 8 atom stereocenters. The van der Waals surface area contributed by atoms with Crippen LogP contribution in [0.3, 0.4) is 0 Å². The third-order valence-corrected chi connectivity index (χ3v) is 11.1. The molecule has 4 aliphatic rings. The summed E-state index contributed by atoms with van der Waals surface area (Å²) < 4.78 is 18.4. The molecule has 3 fully saturated rings. The Morgan fingerprint density at radius 1 is 0.936 bits per heavy atom. The van der Waals surface area contributed by atoms with Gasteiger partial charge in [0.2, 0.25) is 11.8 Å². The normalized spacial score (nSPS) is 31.2. The first-order chi connectivity index (χ1) is 22.8. The van der Waals surface area contributed by atoms with Crippen molar-refractivity contribution in [3.63, 3.8) is 0 Å². The van der Waals surface area contributed by atoms with Crippen LogP contribution in [0.2, 0.25) is 0 Å². The highest BCUT2D eigenvalue weighted by atomic mass is 16.5. The molecule has 248 valence electrons. The number of amides is 1. The maximum atomic E-state index is 14.4. The maximum absolute atomic E-state index is 14.4. The summed E-state index contributed by atoms with van der Waals surface area (Å²) in [6, 6.07) is 14.6. The number of fused-ring (bicyclic) bond motifs is 7. The van der Waals surface area contributed by atoms with Gasteiger partial charge in [-0.25, -0.2) is 9.97 Å². The highest BCUT2D eigenvalue weighted by molar-refractivity contribution is 5.87. The lowest BCUT2D eigenvalue weighted by Crippen LogP contribution is -2.44. The van der Waals surface area contributed by atoms with E-state index in [1.165, 1.54) is 6.42 Å². The molecule has 47 heavy (non-hydrogen) atoms. The first kappa shape index (κ1) is 31.6. The predicted molar refractivity (Wildman–Crippen MR) is 176 cm³/mol. The molecule has 3 aromatic rings. The summed E-state index contributed by atoms with van der Waals surface area (Å²) in [6.07, 6.45) is 7.11. The summed E-state index contributed by atoms with van der Waals surface area (Å²) in [4.78, 5) is 52.3. The summed E-state index contributed by atoms with van der Waals surface area (Å²) >= 11 is 0. The highest BCUT2D eigenvalue weighted by Gasteiger charge is 2.54. The number of hydrogen-bond donors (Lipinski definition) is 0. The number of rotatable bonds is 4. The van der Waals surface area contributed by atoms with Crippen LogP contribution in [0, 0.1) is 29.6 Å². The largest absolute Gasteiger partial charge is 0.497 e. The van der Waals surface area contributed by atoms with Crippen LogP contribution in [-0.4, -0.2) is 64.9 Å². The van der Waals surface area contributed by atoms with Crippen molar-refractivity contribution in [2.24, 2.45) is 29.6 Å². The number of benzene rings is 2. The van der Waals surface area contributed by atoms with Gasteiger partial charge in [0.15, 0.2) is 0 Å². The van der Waals surface area contributed by atoms with Gasteiger partial charge in [-0.2, -0.15) is 0 Å². The molecular weight excluding hydrogens is 594 g/mol. The summed E-state index contributed by atoms with van der Waals surface area (Å²) in [5, 5.41) is 0. The van der Waals surface area contributed by atoms with Gasteiger partial charge in [0.05, 0.1) is 49.0 Å². The number of ether oxygens (including phenoxy) is 3. The van der Waals surface area contributed by atoms with E-state index in [1.54, 1.807) is 12.0 Å². The molecule has 1 saturated heterocycles. The van der Waals surface area contributed by atoms with Crippen LogP contribution in [0.4, 0.5) is 0 Å². The molecule has 2 aromatic carbocycles. The summed E-state index contributed by atoms with van der Waals surface area (Å²) in [5.41, 5.74) is 3.10. The topological polar surface area (TPSA) is 108 Å². The van der Waals surface area contributed by atoms with E-state index < -0.39 is 24.0 Å². The van der Waals surface area contributed by atoms with E-state index in [1.807, 2.05) is 62.4 Å². The Labute approximate surface area is 276 Å². The van der Waals surface area contributed by atoms with E-state index in [4.69, 9.17) is 24.2 Å². The molecule has 1 amide bonds. The average molecular weight is 640 g/mol. The quantitative estimate of drug-likeness (QED) is 0.256. The molecule has 1 aromatic heterocycles. The highest BCUT2D eigenvalue weighted by Crippen LogP contribution is 2.58. The number of carbonyl (C=O) groups excluding carboxylic acids is 3. The maximum Gasteiger partial charge on any atom is 0.306 e. The van der Waals surface area contributed by atoms with Crippen LogP contribution in [0.15, 0.2) is 48.5 Å². The van der Waals surface area contributed by atoms with Crippen molar-refractivity contribution in [1.82, 2.24) is 14.9 Å². The molecule has 0 N–H and O–H groups in total. The number of aromatic nitrogens is 2. The third kappa shape index (κ3) is 6.33. The fourth-order valence-corrected chi connectivity index (χ4v) is 8.44. The number of aryl methyl sites for hydroxylation is 1. The van der Waals surface area contributed by atoms with Gasteiger partial charge >= 0.3 is 5.97 Å². The Bertz CT molecular complexity index is 1630. The molecular formula is C38H45N3O6. The lowest BCUT2D eigenvalue weighted by molar-refractivity contribution is -0.156. The Kier molecular flexibility index (Phi) is 8.90. The van der Waals surface area contributed by atoms with E-state index in [0.29, 0.717) is 41.3 Å². The SMILES string of the molecule is COc1ccc2nc3c(nc2c1)O[C@H]1CN(C(=O)[C@H](C(C)C)CC(=O)O[C@@H]2CC4CC4[C@H]2CCCCC3)[C@H](C=O)[C@@H]1c1ccccc1. The molecule has 0 spiro atoms. The summed E-state index contributed by atoms with van der Waals surface area (Å²) in [5.74, 6) is 1.10. The monoisotopic (exact) mass is 639 g/mol. The smallest absolute Gasteiger partial charge is 0.306 e. The molecule has 2 bridgehead atoms. The van der Waals surface area contributed by atoms with Crippen LogP contribution < -0.4 is 9.47 Å². The zero-order valence-electron chi connectivity index (χ0n) is 27.5. The van der Waals surface area contributed by atoms with E-state index in [-0.39, 0.29) is 36.9 Å². The lowest BCUT2D eigenvalue weighted by atomic mass is 9.88. The standard InChI is InChI=1S/C38H45N3O6/c1-22(2)27-19-35(43)46-33-17-24-16-28(24)26(33)12-8-5-9-13-30-37(40-31-18-25(45-3)14-15-29(31)39-30)47-34-20-41(38(27)44)32(21-42)36(34)23-10-6-4-7-11-23/h4,6-7,10-11,14-15,18,21-22,24,26-28,32-34,36H,5,8-9,12-13,16-17,19-20H2,1-3H3/t24?,26-,27+,28?,32-,33-,34+,36+/m1/s1. The first-order valence-electron chi connectivity index (χ1n) is 17.4. The first-order valence-corrected chi connectivity index (χ1v) is 17.4. The zero-order valence-corrected chi connectivity index (χ0v) is 27.5. The molecule has 2 saturated carbocycles. The number of hydrogen-bond acceptors (Lipinski definition) is 8. The van der Waals surface area contributed by atoms with E-state index in [9.17, 15) is 14.4 Å². The van der Waals surface area contributed by atoms with E-state index in [2.05, 4.69) is 0 Å². The number of methoxy groups -OCH3 is 1. The zero-order chi connectivity index (χ0) is 32.7. The van der Waals surface area contributed by atoms with Gasteiger partial charge in [-0.3, -0.25) is 9.59 Å². The molecule has 0 radical (unpaired) electrons. The average Bonchev–Trinajstić information content (AvgIpc) is 3.61. The molecule has 9 nitrogen and oxygen atoms in total. The van der Waals surface area contributed by atoms with Crippen molar-refractivity contribution >= 4 is 29.2 Å². The summed E-state index contributed by atoms with van der Waals surface area (Å²) in [7, 11) is 1.62. The van der Waals surface area contributed by atoms with Crippen LogP contribution >= 0.6 is 0 Å². The Morgan fingerprint density at radius 2 is 1.77 bits per heavy atom. The van der Waals surface area contributed by atoms with Crippen molar-refractivity contribution < 1.29 is 28.6 Å². The fraction of sp³-hybridized carbons (Fsp3) is 0.553. The van der Waals surface area contributed by atoms with Crippen LogP contribution in [0.5, 0.6) is 11.6 Å². The molecule has 2 unspecified atom stereocenters. The van der Waals surface area contributed by atoms with Crippen LogP contribution in [0.1, 0.15) is 76.0 Å². The van der Waals surface area contributed by atoms with Gasteiger partial charge in [0.25, 0.3) is 0 Å². The van der Waals surface area contributed by atoms with E-state index >= 15 is 0 Å². The van der Waals surface area contributed by atoms with Crippen LogP contribution in [0.25, 0.3) is 11.0 Å². The minimum atomic E-state index is -0.766. The molecule has 9 heteroatoms. The van der Waals surface area contributed by atoms with Gasteiger partial charge in [0, 0.05) is 6.07 Å². The fourth-order valence-electron chi connectivity index (χ4n) is 8.44. The van der Waals surface area contributed by atoms with Crippen molar-refractivity contribution in [3.05, 3.63) is 59.8 Å². The second-order valence-corrected chi connectivity index (χ2v) is 14.3. The van der Waals surface area contributed by atoms with Crippen molar-refractivity contribution in [3.8, 4) is 11.6 Å². The van der Waals surface area contributed by atoms with Crippen molar-refractivity contribution in [2.75, 3.05) is 13.7 Å². The van der Waals surface area contributed by atoms with Crippen molar-refractivity contribution in [2.45, 2.75) is 89.4 Å². The third-order valence-electron chi connectivity index (χ3n) is 11.1. The van der Waals surface area contributed by atoms with Gasteiger partial charge < -0.3 is 23.9 Å². The van der Waals surface area contributed by atoms with Crippen LogP contribution in [-0.2, 0) is 25.5 Å². The van der Waals surface area contributed by atoms with E-state index in [0.717, 1.165) is 55.2 Å². The Hall–Kier alpha value is -4.01. The lowest BCUT2D eigenvalue weighted by Gasteiger charge is -2.30. The molecule has 2 aliphatic carbocycles. The van der Waals surface area contributed by atoms with Gasteiger partial charge in [0.1, 0.15) is 29.9 Å². The Morgan fingerprint density at radius 3 is 2.53 bits per heavy atom. The predicted octanol–water partition coefficient (Wildman–Crippen LogP) is 5.93. The molecule has 2 aliphatic heterocycles. The second-order valence-electron chi connectivity index (χ2n) is 14.3. The second kappa shape index (κ2) is 13.2. The van der Waals surface area contributed by atoms with Gasteiger partial charge in [-0.15, -0.1) is 0 Å². The number of esters is 1. The van der Waals surface area contributed by atoms with Crippen molar-refractivity contribution in [1.29, 1.82) is 0 Å². The molecule has 7 rings (SSSR count). The minimum absolute atomic E-state index is 0.000783. The van der Waals surface area contributed by atoms with Gasteiger partial charge in [-0.1, -0.05) is 57.0 Å². The minimum Gasteiger partial charge on any atom is -0.497 e.